The second-order valence-corrected chi connectivity index (χ2v) is 7.75. The van der Waals surface area contributed by atoms with Crippen LogP contribution in [0.4, 0.5) is 0 Å². The van der Waals surface area contributed by atoms with Gasteiger partial charge in [0, 0.05) is 5.02 Å². The molecular weight excluding hydrogens is 411 g/mol. The number of carbonyl (C=O) groups is 2. The predicted molar refractivity (Wildman–Crippen MR) is 119 cm³/mol. The van der Waals surface area contributed by atoms with E-state index < -0.39 is 18.1 Å². The van der Waals surface area contributed by atoms with Gasteiger partial charge in [0.15, 0.2) is 0 Å². The Morgan fingerprint density at radius 2 is 1.79 bits per heavy atom. The van der Waals surface area contributed by atoms with Gasteiger partial charge in [0.1, 0.15) is 11.8 Å². The highest BCUT2D eigenvalue weighted by atomic mass is 35.5. The van der Waals surface area contributed by atoms with Crippen LogP contribution in [0, 0.1) is 12.8 Å². The van der Waals surface area contributed by atoms with Crippen LogP contribution in [-0.4, -0.2) is 24.0 Å². The van der Waals surface area contributed by atoms with Gasteiger partial charge in [-0.1, -0.05) is 55.8 Å². The summed E-state index contributed by atoms with van der Waals surface area (Å²) in [6.07, 6.45) is 0.849. The van der Waals surface area contributed by atoms with Crippen molar-refractivity contribution in [2.24, 2.45) is 11.7 Å². The second-order valence-electron chi connectivity index (χ2n) is 7.32. The lowest BCUT2D eigenvalue weighted by molar-refractivity contribution is -0.140. The van der Waals surface area contributed by atoms with E-state index in [0.29, 0.717) is 23.6 Å². The summed E-state index contributed by atoms with van der Waals surface area (Å²) in [5.74, 6) is -0.279. The van der Waals surface area contributed by atoms with Gasteiger partial charge in [0.25, 0.3) is 0 Å². The van der Waals surface area contributed by atoms with E-state index in [9.17, 15) is 9.59 Å². The molecule has 0 fully saturated rings. The summed E-state index contributed by atoms with van der Waals surface area (Å²) in [4.78, 5) is 25.2. The highest BCUT2D eigenvalue weighted by Crippen LogP contribution is 2.22. The molecule has 0 spiro atoms. The van der Waals surface area contributed by atoms with Crippen molar-refractivity contribution >= 4 is 35.9 Å². The van der Waals surface area contributed by atoms with E-state index >= 15 is 0 Å². The number of esters is 1. The fourth-order valence-corrected chi connectivity index (χ4v) is 3.06. The van der Waals surface area contributed by atoms with Crippen LogP contribution < -0.4 is 15.8 Å². The highest BCUT2D eigenvalue weighted by molar-refractivity contribution is 6.30. The van der Waals surface area contributed by atoms with Crippen LogP contribution in [0.15, 0.2) is 48.5 Å². The van der Waals surface area contributed by atoms with Crippen molar-refractivity contribution in [2.75, 3.05) is 0 Å². The SMILES string of the molecule is Cc1cc(Cl)ccc1OC(=O)[C@H](CC(C)C)NC(=O)[C@@H](N)Cc1ccccc1.Cl. The molecule has 0 radical (unpaired) electrons. The fraction of sp³-hybridized carbons (Fsp3) is 0.364. The summed E-state index contributed by atoms with van der Waals surface area (Å²) in [5.41, 5.74) is 7.75. The minimum Gasteiger partial charge on any atom is -0.425 e. The second kappa shape index (κ2) is 11.8. The van der Waals surface area contributed by atoms with E-state index in [2.05, 4.69) is 5.32 Å². The van der Waals surface area contributed by atoms with Crippen molar-refractivity contribution < 1.29 is 14.3 Å². The Labute approximate surface area is 183 Å². The molecule has 29 heavy (non-hydrogen) atoms. The lowest BCUT2D eigenvalue weighted by Gasteiger charge is -2.22. The monoisotopic (exact) mass is 438 g/mol. The number of benzene rings is 2. The largest absolute Gasteiger partial charge is 0.425 e. The summed E-state index contributed by atoms with van der Waals surface area (Å²) < 4.78 is 5.51. The summed E-state index contributed by atoms with van der Waals surface area (Å²) in [5, 5.41) is 3.32. The number of ether oxygens (including phenoxy) is 1. The number of rotatable bonds is 8. The molecule has 0 bridgehead atoms. The molecule has 2 atom stereocenters. The molecule has 0 heterocycles. The van der Waals surface area contributed by atoms with Crippen LogP contribution >= 0.6 is 24.0 Å². The van der Waals surface area contributed by atoms with Gasteiger partial charge in [0.05, 0.1) is 6.04 Å². The van der Waals surface area contributed by atoms with Crippen molar-refractivity contribution in [1.82, 2.24) is 5.32 Å². The first-order chi connectivity index (χ1) is 13.3. The topological polar surface area (TPSA) is 81.4 Å². The molecule has 0 aliphatic rings. The molecule has 0 unspecified atom stereocenters. The molecule has 2 aromatic carbocycles. The Kier molecular flexibility index (Phi) is 10.2. The number of amides is 1. The molecule has 0 aliphatic carbocycles. The van der Waals surface area contributed by atoms with E-state index in [0.717, 1.165) is 11.1 Å². The molecule has 0 aromatic heterocycles. The van der Waals surface area contributed by atoms with Crippen molar-refractivity contribution in [3.63, 3.8) is 0 Å². The van der Waals surface area contributed by atoms with Crippen LogP contribution in [0.5, 0.6) is 5.75 Å². The molecule has 3 N–H and O–H groups in total. The van der Waals surface area contributed by atoms with Crippen molar-refractivity contribution in [3.05, 3.63) is 64.7 Å². The Morgan fingerprint density at radius 1 is 1.14 bits per heavy atom. The number of carbonyl (C=O) groups excluding carboxylic acids is 2. The zero-order valence-electron chi connectivity index (χ0n) is 16.9. The number of hydrogen-bond donors (Lipinski definition) is 2. The zero-order valence-corrected chi connectivity index (χ0v) is 18.4. The first-order valence-corrected chi connectivity index (χ1v) is 9.71. The third-order valence-electron chi connectivity index (χ3n) is 4.29. The summed E-state index contributed by atoms with van der Waals surface area (Å²) in [7, 11) is 0. The van der Waals surface area contributed by atoms with Crippen LogP contribution in [0.2, 0.25) is 5.02 Å². The molecule has 0 saturated heterocycles. The molecule has 1 amide bonds. The third-order valence-corrected chi connectivity index (χ3v) is 4.53. The van der Waals surface area contributed by atoms with Gasteiger partial charge >= 0.3 is 5.97 Å². The van der Waals surface area contributed by atoms with Gasteiger partial charge in [0.2, 0.25) is 5.91 Å². The third kappa shape index (κ3) is 8.05. The van der Waals surface area contributed by atoms with Crippen LogP contribution in [0.25, 0.3) is 0 Å². The number of aryl methyl sites for hydroxylation is 1. The number of hydrogen-bond acceptors (Lipinski definition) is 4. The smallest absolute Gasteiger partial charge is 0.334 e. The first kappa shape index (κ1) is 25.0. The number of nitrogens with one attached hydrogen (secondary N) is 1. The number of nitrogens with two attached hydrogens (primary N) is 1. The first-order valence-electron chi connectivity index (χ1n) is 9.34. The van der Waals surface area contributed by atoms with Gasteiger partial charge in [-0.15, -0.1) is 12.4 Å². The average Bonchev–Trinajstić information content (AvgIpc) is 2.63. The molecule has 5 nitrogen and oxygen atoms in total. The molecular formula is C22H28Cl2N2O3. The van der Waals surface area contributed by atoms with Crippen LogP contribution in [0.1, 0.15) is 31.4 Å². The van der Waals surface area contributed by atoms with E-state index in [-0.39, 0.29) is 24.2 Å². The van der Waals surface area contributed by atoms with Crippen LogP contribution in [0.3, 0.4) is 0 Å². The summed E-state index contributed by atoms with van der Waals surface area (Å²) in [6, 6.07) is 13.0. The fourth-order valence-electron chi connectivity index (χ4n) is 2.83. The van der Waals surface area contributed by atoms with Gasteiger partial charge < -0.3 is 15.8 Å². The average molecular weight is 439 g/mol. The Bertz CT molecular complexity index is 813. The van der Waals surface area contributed by atoms with Crippen molar-refractivity contribution in [2.45, 2.75) is 45.7 Å². The van der Waals surface area contributed by atoms with E-state index in [4.69, 9.17) is 22.1 Å². The molecule has 2 rings (SSSR count). The summed E-state index contributed by atoms with van der Waals surface area (Å²) in [6.45, 7) is 5.76. The maximum Gasteiger partial charge on any atom is 0.334 e. The standard InChI is InChI=1S/C22H27ClN2O3.ClH/c1-14(2)11-19(22(27)28-20-10-9-17(23)12-15(20)3)25-21(26)18(24)13-16-7-5-4-6-8-16;/h4-10,12,14,18-19H,11,13,24H2,1-3H3,(H,25,26);1H/t18-,19-;/m0./s1. The zero-order chi connectivity index (χ0) is 20.7. The van der Waals surface area contributed by atoms with Gasteiger partial charge in [-0.05, 0) is 55.0 Å². The lowest BCUT2D eigenvalue weighted by atomic mass is 10.0. The maximum absolute atomic E-state index is 12.7. The van der Waals surface area contributed by atoms with Crippen molar-refractivity contribution in [3.8, 4) is 5.75 Å². The van der Waals surface area contributed by atoms with E-state index in [1.807, 2.05) is 44.2 Å². The van der Waals surface area contributed by atoms with Gasteiger partial charge in [-0.2, -0.15) is 0 Å². The quantitative estimate of drug-likeness (QED) is 0.480. The predicted octanol–water partition coefficient (Wildman–Crippen LogP) is 4.08. The molecule has 158 valence electrons. The van der Waals surface area contributed by atoms with Gasteiger partial charge in [-0.3, -0.25) is 4.79 Å². The highest BCUT2D eigenvalue weighted by Gasteiger charge is 2.26. The normalized spacial score (nSPS) is 12.6. The van der Waals surface area contributed by atoms with Crippen molar-refractivity contribution in [1.29, 1.82) is 0 Å². The minimum atomic E-state index is -0.774. The molecule has 0 aliphatic heterocycles. The summed E-state index contributed by atoms with van der Waals surface area (Å²) >= 11 is 5.94. The molecule has 2 aromatic rings. The van der Waals surface area contributed by atoms with Gasteiger partial charge in [-0.25, -0.2) is 4.79 Å². The van der Waals surface area contributed by atoms with Crippen LogP contribution in [-0.2, 0) is 16.0 Å². The Hall–Kier alpha value is -2.08. The Morgan fingerprint density at radius 3 is 2.38 bits per heavy atom. The minimum absolute atomic E-state index is 0. The maximum atomic E-state index is 12.7. The number of halogens is 2. The Balaban J connectivity index is 0.00000420. The lowest BCUT2D eigenvalue weighted by Crippen LogP contribution is -2.50. The molecule has 0 saturated carbocycles. The van der Waals surface area contributed by atoms with E-state index in [1.54, 1.807) is 25.1 Å². The van der Waals surface area contributed by atoms with E-state index in [1.165, 1.54) is 0 Å². The molecule has 7 heteroatoms.